The third kappa shape index (κ3) is 2.54. The van der Waals surface area contributed by atoms with Crippen molar-refractivity contribution in [1.29, 1.82) is 0 Å². The van der Waals surface area contributed by atoms with E-state index in [-0.39, 0.29) is 5.91 Å². The van der Waals surface area contributed by atoms with Gasteiger partial charge in [-0.05, 0) is 57.7 Å². The molecule has 5 heteroatoms. The summed E-state index contributed by atoms with van der Waals surface area (Å²) >= 11 is 3.32. The summed E-state index contributed by atoms with van der Waals surface area (Å²) in [7, 11) is 0. The Bertz CT molecular complexity index is 655. The average Bonchev–Trinajstić information content (AvgIpc) is 2.46. The highest BCUT2D eigenvalue weighted by atomic mass is 79.9. The molecule has 3 rings (SSSR count). The van der Waals surface area contributed by atoms with E-state index in [4.69, 9.17) is 5.73 Å². The van der Waals surface area contributed by atoms with Gasteiger partial charge >= 0.3 is 0 Å². The van der Waals surface area contributed by atoms with Gasteiger partial charge in [0.25, 0.3) is 5.91 Å². The fraction of sp³-hybridized carbons (Fsp3) is 0.200. The number of rotatable bonds is 1. The molecule has 0 saturated heterocycles. The van der Waals surface area contributed by atoms with Gasteiger partial charge in [0.1, 0.15) is 5.69 Å². The Balaban J connectivity index is 1.82. The highest BCUT2D eigenvalue weighted by Gasteiger charge is 2.22. The zero-order valence-electron chi connectivity index (χ0n) is 10.8. The second-order valence-corrected chi connectivity index (χ2v) is 5.78. The predicted octanol–water partition coefficient (Wildman–Crippen LogP) is 2.62. The van der Waals surface area contributed by atoms with Crippen LogP contribution in [0, 0.1) is 0 Å². The molecule has 0 atom stereocenters. The lowest BCUT2D eigenvalue weighted by Crippen LogP contribution is -2.36. The Labute approximate surface area is 125 Å². The van der Waals surface area contributed by atoms with Gasteiger partial charge in [0.15, 0.2) is 0 Å². The molecule has 0 radical (unpaired) electrons. The molecule has 2 heterocycles. The van der Waals surface area contributed by atoms with Crippen LogP contribution in [0.5, 0.6) is 0 Å². The molecule has 0 spiro atoms. The molecule has 2 aromatic rings. The van der Waals surface area contributed by atoms with Gasteiger partial charge in [-0.1, -0.05) is 6.07 Å². The van der Waals surface area contributed by atoms with E-state index in [0.717, 1.165) is 22.1 Å². The van der Waals surface area contributed by atoms with E-state index >= 15 is 0 Å². The van der Waals surface area contributed by atoms with Crippen LogP contribution in [0.1, 0.15) is 21.6 Å². The van der Waals surface area contributed by atoms with Crippen molar-refractivity contribution in [2.45, 2.75) is 13.0 Å². The van der Waals surface area contributed by atoms with Gasteiger partial charge in [-0.2, -0.15) is 0 Å². The van der Waals surface area contributed by atoms with Crippen LogP contribution in [0.15, 0.2) is 41.0 Å². The summed E-state index contributed by atoms with van der Waals surface area (Å²) < 4.78 is 0.866. The van der Waals surface area contributed by atoms with Crippen molar-refractivity contribution in [3.8, 4) is 0 Å². The van der Waals surface area contributed by atoms with E-state index in [2.05, 4.69) is 20.9 Å². The van der Waals surface area contributed by atoms with Crippen LogP contribution in [0.4, 0.5) is 5.69 Å². The molecular formula is C15H14BrN3O. The summed E-state index contributed by atoms with van der Waals surface area (Å²) in [6.45, 7) is 1.31. The number of anilines is 1. The molecule has 0 bridgehead atoms. The Kier molecular flexibility index (Phi) is 3.44. The summed E-state index contributed by atoms with van der Waals surface area (Å²) in [5, 5.41) is 0. The number of nitrogen functional groups attached to an aromatic ring is 1. The van der Waals surface area contributed by atoms with Crippen LogP contribution in [0.2, 0.25) is 0 Å². The fourth-order valence-electron chi connectivity index (χ4n) is 2.41. The van der Waals surface area contributed by atoms with Crippen LogP contribution in [-0.2, 0) is 13.0 Å². The standard InChI is InChI=1S/C15H14BrN3O/c16-12-2-4-14(18-8-12)15(20)19-6-5-10-1-3-13(17)7-11(10)9-19/h1-4,7-8H,5-6,9,17H2. The highest BCUT2D eigenvalue weighted by Crippen LogP contribution is 2.22. The minimum absolute atomic E-state index is 0.0365. The van der Waals surface area contributed by atoms with Crippen LogP contribution in [-0.4, -0.2) is 22.3 Å². The molecule has 102 valence electrons. The van der Waals surface area contributed by atoms with Gasteiger partial charge in [0, 0.05) is 29.4 Å². The summed E-state index contributed by atoms with van der Waals surface area (Å²) in [5.74, 6) is -0.0365. The van der Waals surface area contributed by atoms with Gasteiger partial charge in [-0.3, -0.25) is 4.79 Å². The number of halogens is 1. The number of pyridine rings is 1. The summed E-state index contributed by atoms with van der Waals surface area (Å²) in [6, 6.07) is 9.47. The van der Waals surface area contributed by atoms with Crippen molar-refractivity contribution in [2.24, 2.45) is 0 Å². The van der Waals surface area contributed by atoms with E-state index in [1.807, 2.05) is 29.2 Å². The zero-order chi connectivity index (χ0) is 14.1. The minimum atomic E-state index is -0.0365. The number of hydrogen-bond donors (Lipinski definition) is 1. The Morgan fingerprint density at radius 2 is 2.10 bits per heavy atom. The Morgan fingerprint density at radius 3 is 2.85 bits per heavy atom. The first-order chi connectivity index (χ1) is 9.63. The van der Waals surface area contributed by atoms with Crippen LogP contribution in [0.25, 0.3) is 0 Å². The van der Waals surface area contributed by atoms with Crippen LogP contribution < -0.4 is 5.73 Å². The van der Waals surface area contributed by atoms with E-state index in [9.17, 15) is 4.79 Å². The molecule has 20 heavy (non-hydrogen) atoms. The maximum Gasteiger partial charge on any atom is 0.272 e. The molecule has 1 aliphatic heterocycles. The first-order valence-electron chi connectivity index (χ1n) is 6.41. The molecule has 4 nitrogen and oxygen atoms in total. The largest absolute Gasteiger partial charge is 0.399 e. The SMILES string of the molecule is Nc1ccc2c(c1)CN(C(=O)c1ccc(Br)cn1)CC2. The van der Waals surface area contributed by atoms with E-state index in [0.29, 0.717) is 18.8 Å². The summed E-state index contributed by atoms with van der Waals surface area (Å²) in [6.07, 6.45) is 2.50. The normalized spacial score (nSPS) is 13.9. The minimum Gasteiger partial charge on any atom is -0.399 e. The van der Waals surface area contributed by atoms with Gasteiger partial charge in [-0.15, -0.1) is 0 Å². The third-order valence-electron chi connectivity index (χ3n) is 3.48. The van der Waals surface area contributed by atoms with Crippen molar-refractivity contribution in [3.05, 3.63) is 57.8 Å². The lowest BCUT2D eigenvalue weighted by atomic mass is 9.99. The maximum absolute atomic E-state index is 12.4. The predicted molar refractivity (Wildman–Crippen MR) is 81.2 cm³/mol. The molecule has 0 unspecified atom stereocenters. The molecule has 1 amide bonds. The lowest BCUT2D eigenvalue weighted by molar-refractivity contribution is 0.0729. The first kappa shape index (κ1) is 13.1. The highest BCUT2D eigenvalue weighted by molar-refractivity contribution is 9.10. The van der Waals surface area contributed by atoms with Gasteiger partial charge in [0.2, 0.25) is 0 Å². The molecular weight excluding hydrogens is 318 g/mol. The van der Waals surface area contributed by atoms with Crippen LogP contribution in [0.3, 0.4) is 0 Å². The smallest absolute Gasteiger partial charge is 0.272 e. The quantitative estimate of drug-likeness (QED) is 0.817. The number of fused-ring (bicyclic) bond motifs is 1. The zero-order valence-corrected chi connectivity index (χ0v) is 12.4. The second-order valence-electron chi connectivity index (χ2n) is 4.87. The van der Waals surface area contributed by atoms with Gasteiger partial charge < -0.3 is 10.6 Å². The number of nitrogens with two attached hydrogens (primary N) is 1. The van der Waals surface area contributed by atoms with Crippen molar-refractivity contribution < 1.29 is 4.79 Å². The summed E-state index contributed by atoms with van der Waals surface area (Å²) in [5.41, 5.74) is 9.42. The second kappa shape index (κ2) is 5.25. The molecule has 2 N–H and O–H groups in total. The molecule has 1 aromatic carbocycles. The number of hydrogen-bond acceptors (Lipinski definition) is 3. The lowest BCUT2D eigenvalue weighted by Gasteiger charge is -2.28. The van der Waals surface area contributed by atoms with E-state index in [1.165, 1.54) is 5.56 Å². The fourth-order valence-corrected chi connectivity index (χ4v) is 2.65. The molecule has 0 saturated carbocycles. The summed E-state index contributed by atoms with van der Waals surface area (Å²) in [4.78, 5) is 18.4. The Morgan fingerprint density at radius 1 is 1.25 bits per heavy atom. The number of aromatic nitrogens is 1. The van der Waals surface area contributed by atoms with Gasteiger partial charge in [-0.25, -0.2) is 4.98 Å². The first-order valence-corrected chi connectivity index (χ1v) is 7.21. The van der Waals surface area contributed by atoms with Gasteiger partial charge in [0.05, 0.1) is 0 Å². The number of nitrogens with zero attached hydrogens (tertiary/aromatic N) is 2. The number of benzene rings is 1. The van der Waals surface area contributed by atoms with Crippen molar-refractivity contribution >= 4 is 27.5 Å². The monoisotopic (exact) mass is 331 g/mol. The number of carbonyl (C=O) groups is 1. The van der Waals surface area contributed by atoms with Crippen molar-refractivity contribution in [2.75, 3.05) is 12.3 Å². The number of carbonyl (C=O) groups excluding carboxylic acids is 1. The van der Waals surface area contributed by atoms with Crippen molar-refractivity contribution in [3.63, 3.8) is 0 Å². The van der Waals surface area contributed by atoms with E-state index in [1.54, 1.807) is 12.3 Å². The topological polar surface area (TPSA) is 59.2 Å². The molecule has 1 aromatic heterocycles. The molecule has 1 aliphatic rings. The van der Waals surface area contributed by atoms with Crippen molar-refractivity contribution in [1.82, 2.24) is 9.88 Å². The molecule has 0 fully saturated rings. The Hall–Kier alpha value is -1.88. The average molecular weight is 332 g/mol. The third-order valence-corrected chi connectivity index (χ3v) is 3.95. The van der Waals surface area contributed by atoms with E-state index < -0.39 is 0 Å². The van der Waals surface area contributed by atoms with Crippen LogP contribution >= 0.6 is 15.9 Å². The maximum atomic E-state index is 12.4. The molecule has 0 aliphatic carbocycles. The number of amides is 1.